The Hall–Kier alpha value is -1.32. The fourth-order valence-electron chi connectivity index (χ4n) is 1.61. The smallest absolute Gasteiger partial charge is 0.212 e. The molecule has 0 saturated heterocycles. The fraction of sp³-hybridized carbons (Fsp3) is 0.556. The van der Waals surface area contributed by atoms with Gasteiger partial charge in [-0.2, -0.15) is 5.10 Å². The van der Waals surface area contributed by atoms with Crippen LogP contribution in [0.1, 0.15) is 25.5 Å². The molecule has 0 radical (unpaired) electrons. The van der Waals surface area contributed by atoms with Crippen molar-refractivity contribution in [1.29, 1.82) is 0 Å². The first-order chi connectivity index (χ1) is 6.15. The minimum Gasteiger partial charge on any atom is -0.312 e. The number of amides is 1. The zero-order valence-corrected chi connectivity index (χ0v) is 7.87. The van der Waals surface area contributed by atoms with E-state index in [1.807, 2.05) is 17.8 Å². The molecule has 1 aromatic rings. The lowest BCUT2D eigenvalue weighted by atomic mass is 10.1. The van der Waals surface area contributed by atoms with Gasteiger partial charge in [0.2, 0.25) is 6.41 Å². The summed E-state index contributed by atoms with van der Waals surface area (Å²) >= 11 is 0. The van der Waals surface area contributed by atoms with Gasteiger partial charge in [-0.1, -0.05) is 6.92 Å². The lowest BCUT2D eigenvalue weighted by molar-refractivity contribution is -0.105. The van der Waals surface area contributed by atoms with E-state index in [0.29, 0.717) is 17.6 Å². The van der Waals surface area contributed by atoms with Crippen LogP contribution in [0.15, 0.2) is 6.07 Å². The summed E-state index contributed by atoms with van der Waals surface area (Å²) in [5, 5.41) is 6.74. The SMILES string of the molecule is Cn1nc(NC=O)cc1C1(C)CC1. The standard InChI is InChI=1S/C9H13N3O/c1-9(3-4-9)7-5-8(10-6-13)11-12(7)2/h5-6H,3-4H2,1-2H3,(H,10,11,13). The van der Waals surface area contributed by atoms with Crippen LogP contribution < -0.4 is 5.32 Å². The van der Waals surface area contributed by atoms with Gasteiger partial charge in [0.25, 0.3) is 0 Å². The number of nitrogens with one attached hydrogen (secondary N) is 1. The normalized spacial score (nSPS) is 18.3. The third kappa shape index (κ3) is 1.32. The van der Waals surface area contributed by atoms with Crippen LogP contribution in [0, 0.1) is 0 Å². The second-order valence-electron chi connectivity index (χ2n) is 3.86. The van der Waals surface area contributed by atoms with Gasteiger partial charge in [0.05, 0.1) is 0 Å². The number of aromatic nitrogens is 2. The molecule has 4 nitrogen and oxygen atoms in total. The fourth-order valence-corrected chi connectivity index (χ4v) is 1.61. The predicted octanol–water partition coefficient (Wildman–Crippen LogP) is 1.04. The third-order valence-electron chi connectivity index (χ3n) is 2.70. The van der Waals surface area contributed by atoms with Gasteiger partial charge < -0.3 is 5.32 Å². The van der Waals surface area contributed by atoms with E-state index < -0.39 is 0 Å². The molecule has 70 valence electrons. The average molecular weight is 179 g/mol. The highest BCUT2D eigenvalue weighted by molar-refractivity contribution is 5.68. The molecule has 1 aliphatic carbocycles. The lowest BCUT2D eigenvalue weighted by Gasteiger charge is -2.06. The van der Waals surface area contributed by atoms with E-state index in [4.69, 9.17) is 0 Å². The monoisotopic (exact) mass is 179 g/mol. The second kappa shape index (κ2) is 2.58. The van der Waals surface area contributed by atoms with Gasteiger partial charge in [0.1, 0.15) is 0 Å². The van der Waals surface area contributed by atoms with Gasteiger partial charge >= 0.3 is 0 Å². The maximum Gasteiger partial charge on any atom is 0.212 e. The van der Waals surface area contributed by atoms with E-state index in [9.17, 15) is 4.79 Å². The average Bonchev–Trinajstić information content (AvgIpc) is 2.69. The maximum atomic E-state index is 10.2. The molecule has 1 saturated carbocycles. The molecule has 1 aromatic heterocycles. The van der Waals surface area contributed by atoms with Crippen LogP contribution in [0.3, 0.4) is 0 Å². The Kier molecular flexibility index (Phi) is 1.65. The summed E-state index contributed by atoms with van der Waals surface area (Å²) in [5.74, 6) is 0.639. The Morgan fingerprint density at radius 1 is 1.69 bits per heavy atom. The molecule has 1 amide bonds. The maximum absolute atomic E-state index is 10.2. The first-order valence-electron chi connectivity index (χ1n) is 4.40. The molecule has 0 spiro atoms. The number of hydrogen-bond acceptors (Lipinski definition) is 2. The topological polar surface area (TPSA) is 46.9 Å². The molecular weight excluding hydrogens is 166 g/mol. The summed E-state index contributed by atoms with van der Waals surface area (Å²) in [6.07, 6.45) is 3.08. The number of aryl methyl sites for hydroxylation is 1. The van der Waals surface area contributed by atoms with E-state index in [1.165, 1.54) is 18.5 Å². The predicted molar refractivity (Wildman–Crippen MR) is 49.5 cm³/mol. The van der Waals surface area contributed by atoms with Gasteiger partial charge in [-0.15, -0.1) is 0 Å². The van der Waals surface area contributed by atoms with Gasteiger partial charge in [0.15, 0.2) is 5.82 Å². The lowest BCUT2D eigenvalue weighted by Crippen LogP contribution is -2.07. The van der Waals surface area contributed by atoms with Crippen molar-refractivity contribution >= 4 is 12.2 Å². The summed E-state index contributed by atoms with van der Waals surface area (Å²) in [6, 6.07) is 1.95. The largest absolute Gasteiger partial charge is 0.312 e. The summed E-state index contributed by atoms with van der Waals surface area (Å²) in [7, 11) is 1.91. The van der Waals surface area contributed by atoms with Crippen LogP contribution in [0.4, 0.5) is 5.82 Å². The van der Waals surface area contributed by atoms with Crippen molar-refractivity contribution in [2.75, 3.05) is 5.32 Å². The van der Waals surface area contributed by atoms with Gasteiger partial charge in [0, 0.05) is 24.2 Å². The number of hydrogen-bond donors (Lipinski definition) is 1. The van der Waals surface area contributed by atoms with Crippen molar-refractivity contribution in [2.24, 2.45) is 7.05 Å². The van der Waals surface area contributed by atoms with Crippen LogP contribution in [0.25, 0.3) is 0 Å². The molecule has 2 rings (SSSR count). The minimum absolute atomic E-state index is 0.296. The molecule has 13 heavy (non-hydrogen) atoms. The number of carbonyl (C=O) groups is 1. The van der Waals surface area contributed by atoms with Gasteiger partial charge in [-0.3, -0.25) is 9.48 Å². The zero-order valence-electron chi connectivity index (χ0n) is 7.87. The molecule has 4 heteroatoms. The Balaban J connectivity index is 2.30. The number of rotatable bonds is 3. The van der Waals surface area contributed by atoms with Crippen LogP contribution in [0.5, 0.6) is 0 Å². The molecule has 0 bridgehead atoms. The van der Waals surface area contributed by atoms with E-state index in [0.717, 1.165) is 0 Å². The zero-order chi connectivity index (χ0) is 9.47. The first kappa shape index (κ1) is 8.29. The number of nitrogens with zero attached hydrogens (tertiary/aromatic N) is 2. The van der Waals surface area contributed by atoms with E-state index in [2.05, 4.69) is 17.3 Å². The molecule has 0 unspecified atom stereocenters. The Morgan fingerprint density at radius 2 is 2.38 bits per heavy atom. The quantitative estimate of drug-likeness (QED) is 0.705. The summed E-state index contributed by atoms with van der Waals surface area (Å²) < 4.78 is 1.85. The Morgan fingerprint density at radius 3 is 2.92 bits per heavy atom. The Bertz CT molecular complexity index is 339. The number of anilines is 1. The van der Waals surface area contributed by atoms with E-state index >= 15 is 0 Å². The molecule has 1 aliphatic rings. The summed E-state index contributed by atoms with van der Waals surface area (Å²) in [5.41, 5.74) is 1.50. The van der Waals surface area contributed by atoms with Gasteiger partial charge in [-0.05, 0) is 12.8 Å². The van der Waals surface area contributed by atoms with Gasteiger partial charge in [-0.25, -0.2) is 0 Å². The van der Waals surface area contributed by atoms with Crippen molar-refractivity contribution in [3.8, 4) is 0 Å². The van der Waals surface area contributed by atoms with Crippen molar-refractivity contribution in [1.82, 2.24) is 9.78 Å². The van der Waals surface area contributed by atoms with E-state index in [-0.39, 0.29) is 0 Å². The summed E-state index contributed by atoms with van der Waals surface area (Å²) in [6.45, 7) is 2.22. The highest BCUT2D eigenvalue weighted by atomic mass is 16.1. The minimum atomic E-state index is 0.296. The van der Waals surface area contributed by atoms with Crippen LogP contribution in [-0.4, -0.2) is 16.2 Å². The number of carbonyl (C=O) groups excluding carboxylic acids is 1. The van der Waals surface area contributed by atoms with Crippen molar-refractivity contribution in [3.05, 3.63) is 11.8 Å². The van der Waals surface area contributed by atoms with Crippen LogP contribution in [-0.2, 0) is 17.3 Å². The molecule has 0 aliphatic heterocycles. The highest BCUT2D eigenvalue weighted by Crippen LogP contribution is 2.47. The van der Waals surface area contributed by atoms with Crippen molar-refractivity contribution < 1.29 is 4.79 Å². The van der Waals surface area contributed by atoms with Crippen LogP contribution >= 0.6 is 0 Å². The molecule has 1 N–H and O–H groups in total. The van der Waals surface area contributed by atoms with Crippen molar-refractivity contribution in [2.45, 2.75) is 25.2 Å². The first-order valence-corrected chi connectivity index (χ1v) is 4.40. The second-order valence-corrected chi connectivity index (χ2v) is 3.86. The Labute approximate surface area is 76.9 Å². The third-order valence-corrected chi connectivity index (χ3v) is 2.70. The molecule has 1 fully saturated rings. The summed E-state index contributed by atoms with van der Waals surface area (Å²) in [4.78, 5) is 10.2. The van der Waals surface area contributed by atoms with E-state index in [1.54, 1.807) is 0 Å². The molecule has 1 heterocycles. The molecule has 0 aromatic carbocycles. The van der Waals surface area contributed by atoms with Crippen LogP contribution in [0.2, 0.25) is 0 Å². The van der Waals surface area contributed by atoms with Crippen molar-refractivity contribution in [3.63, 3.8) is 0 Å². The molecular formula is C9H13N3O. The highest BCUT2D eigenvalue weighted by Gasteiger charge is 2.41. The molecule has 0 atom stereocenters.